The highest BCUT2D eigenvalue weighted by atomic mass is 16.5. The normalized spacial score (nSPS) is 16.3. The van der Waals surface area contributed by atoms with Gasteiger partial charge in [-0.15, -0.1) is 0 Å². The van der Waals surface area contributed by atoms with Crippen LogP contribution in [-0.4, -0.2) is 73.2 Å². The lowest BCUT2D eigenvalue weighted by Gasteiger charge is -2.35. The maximum atomic E-state index is 12.3. The third kappa shape index (κ3) is 6.89. The number of rotatable bonds is 9. The minimum Gasteiger partial charge on any atom is -0.497 e. The Morgan fingerprint density at radius 2 is 2.00 bits per heavy atom. The smallest absolute Gasteiger partial charge is 0.308 e. The van der Waals surface area contributed by atoms with Crippen LogP contribution in [0, 0.1) is 17.2 Å². The van der Waals surface area contributed by atoms with E-state index in [-0.39, 0.29) is 12.3 Å². The zero-order valence-corrected chi connectivity index (χ0v) is 15.6. The van der Waals surface area contributed by atoms with E-state index < -0.39 is 11.9 Å². The standard InChI is InChI=1S/C19H26N4O4/c1-27-17-5-2-4-16(13-17)21-18(24)12-15(19(25)26)14-23-10-8-22(9-11-23)7-3-6-20/h2,4-5,13,15H,3,7-12,14H2,1H3,(H,21,24)(H,25,26). The van der Waals surface area contributed by atoms with Gasteiger partial charge in [0.15, 0.2) is 0 Å². The number of methoxy groups -OCH3 is 1. The van der Waals surface area contributed by atoms with Crippen LogP contribution in [0.2, 0.25) is 0 Å². The van der Waals surface area contributed by atoms with Gasteiger partial charge in [0.2, 0.25) is 5.91 Å². The number of amides is 1. The summed E-state index contributed by atoms with van der Waals surface area (Å²) in [5.74, 6) is -1.44. The van der Waals surface area contributed by atoms with Gasteiger partial charge in [-0.1, -0.05) is 6.07 Å². The number of nitriles is 1. The van der Waals surface area contributed by atoms with Crippen molar-refractivity contribution in [2.45, 2.75) is 12.8 Å². The summed E-state index contributed by atoms with van der Waals surface area (Å²) in [6, 6.07) is 9.09. The fourth-order valence-corrected chi connectivity index (χ4v) is 3.08. The molecule has 1 fully saturated rings. The number of hydrogen-bond donors (Lipinski definition) is 2. The molecule has 2 rings (SSSR count). The summed E-state index contributed by atoms with van der Waals surface area (Å²) in [6.45, 7) is 4.19. The first kappa shape index (κ1) is 20.7. The molecule has 8 heteroatoms. The fourth-order valence-electron chi connectivity index (χ4n) is 3.08. The molecule has 0 saturated carbocycles. The number of piperazine rings is 1. The number of nitrogens with one attached hydrogen (secondary N) is 1. The molecule has 1 amide bonds. The average molecular weight is 374 g/mol. The van der Waals surface area contributed by atoms with Crippen molar-refractivity contribution in [3.63, 3.8) is 0 Å². The van der Waals surface area contributed by atoms with E-state index in [1.165, 1.54) is 0 Å². The van der Waals surface area contributed by atoms with E-state index in [4.69, 9.17) is 10.00 Å². The molecule has 146 valence electrons. The van der Waals surface area contributed by atoms with Gasteiger partial charge in [0.1, 0.15) is 5.75 Å². The number of benzene rings is 1. The summed E-state index contributed by atoms with van der Waals surface area (Å²) >= 11 is 0. The second-order valence-electron chi connectivity index (χ2n) is 6.57. The van der Waals surface area contributed by atoms with Crippen LogP contribution in [-0.2, 0) is 9.59 Å². The average Bonchev–Trinajstić information content (AvgIpc) is 2.67. The molecule has 1 aromatic rings. The van der Waals surface area contributed by atoms with Crippen LogP contribution in [0.25, 0.3) is 0 Å². The minimum atomic E-state index is -0.970. The van der Waals surface area contributed by atoms with Crippen molar-refractivity contribution in [3.8, 4) is 11.8 Å². The highest BCUT2D eigenvalue weighted by Gasteiger charge is 2.26. The molecule has 1 saturated heterocycles. The SMILES string of the molecule is COc1cccc(NC(=O)CC(CN2CCN(CCC#N)CC2)C(=O)O)c1. The fraction of sp³-hybridized carbons (Fsp3) is 0.526. The van der Waals surface area contributed by atoms with Crippen molar-refractivity contribution in [2.75, 3.05) is 51.7 Å². The number of carboxylic acids is 1. The Hall–Kier alpha value is -2.63. The van der Waals surface area contributed by atoms with Gasteiger partial charge >= 0.3 is 5.97 Å². The van der Waals surface area contributed by atoms with Gasteiger partial charge in [-0.25, -0.2) is 0 Å². The van der Waals surface area contributed by atoms with Gasteiger partial charge in [0.05, 0.1) is 19.1 Å². The summed E-state index contributed by atoms with van der Waals surface area (Å²) in [7, 11) is 1.54. The van der Waals surface area contributed by atoms with Crippen LogP contribution >= 0.6 is 0 Å². The van der Waals surface area contributed by atoms with E-state index in [0.29, 0.717) is 24.4 Å². The Balaban J connectivity index is 1.83. The van der Waals surface area contributed by atoms with Crippen molar-refractivity contribution in [1.29, 1.82) is 5.26 Å². The predicted molar refractivity (Wildman–Crippen MR) is 100 cm³/mol. The first-order valence-electron chi connectivity index (χ1n) is 9.00. The maximum Gasteiger partial charge on any atom is 0.308 e. The zero-order valence-electron chi connectivity index (χ0n) is 15.6. The first-order valence-corrected chi connectivity index (χ1v) is 9.00. The molecule has 1 aromatic carbocycles. The number of hydrogen-bond acceptors (Lipinski definition) is 6. The maximum absolute atomic E-state index is 12.3. The molecule has 1 atom stereocenters. The van der Waals surface area contributed by atoms with Gasteiger partial charge in [0, 0.05) is 63.9 Å². The van der Waals surface area contributed by atoms with E-state index in [0.717, 1.165) is 32.7 Å². The van der Waals surface area contributed by atoms with Crippen LogP contribution in [0.4, 0.5) is 5.69 Å². The van der Waals surface area contributed by atoms with Gasteiger partial charge in [-0.2, -0.15) is 5.26 Å². The molecule has 8 nitrogen and oxygen atoms in total. The predicted octanol–water partition coefficient (Wildman–Crippen LogP) is 1.26. The molecular weight excluding hydrogens is 348 g/mol. The number of carbonyl (C=O) groups excluding carboxylic acids is 1. The number of nitrogens with zero attached hydrogens (tertiary/aromatic N) is 3. The largest absolute Gasteiger partial charge is 0.497 e. The van der Waals surface area contributed by atoms with Crippen LogP contribution < -0.4 is 10.1 Å². The summed E-state index contributed by atoms with van der Waals surface area (Å²) in [5, 5.41) is 20.9. The van der Waals surface area contributed by atoms with E-state index in [1.807, 2.05) is 0 Å². The van der Waals surface area contributed by atoms with Crippen LogP contribution in [0.3, 0.4) is 0 Å². The lowest BCUT2D eigenvalue weighted by Crippen LogP contribution is -2.48. The number of carboxylic acid groups (broad SMARTS) is 1. The summed E-state index contributed by atoms with van der Waals surface area (Å²) < 4.78 is 5.12. The molecule has 27 heavy (non-hydrogen) atoms. The Morgan fingerprint density at radius 3 is 2.63 bits per heavy atom. The molecule has 1 unspecified atom stereocenters. The highest BCUT2D eigenvalue weighted by Crippen LogP contribution is 2.18. The van der Waals surface area contributed by atoms with Crippen molar-refractivity contribution in [2.24, 2.45) is 5.92 Å². The Kier molecular flexibility index (Phi) is 8.04. The lowest BCUT2D eigenvalue weighted by atomic mass is 10.0. The first-order chi connectivity index (χ1) is 13.0. The van der Waals surface area contributed by atoms with E-state index in [9.17, 15) is 14.7 Å². The van der Waals surface area contributed by atoms with E-state index in [2.05, 4.69) is 21.2 Å². The molecule has 0 spiro atoms. The number of carbonyl (C=O) groups is 2. The summed E-state index contributed by atoms with van der Waals surface area (Å²) in [6.07, 6.45) is 0.420. The lowest BCUT2D eigenvalue weighted by molar-refractivity contribution is -0.144. The molecule has 1 aliphatic rings. The van der Waals surface area contributed by atoms with Crippen LogP contribution in [0.1, 0.15) is 12.8 Å². The van der Waals surface area contributed by atoms with Crippen molar-refractivity contribution >= 4 is 17.6 Å². The second-order valence-corrected chi connectivity index (χ2v) is 6.57. The monoisotopic (exact) mass is 374 g/mol. The van der Waals surface area contributed by atoms with Gasteiger partial charge < -0.3 is 15.2 Å². The van der Waals surface area contributed by atoms with Gasteiger partial charge in [-0.05, 0) is 12.1 Å². The Labute approximate surface area is 159 Å². The van der Waals surface area contributed by atoms with Gasteiger partial charge in [-0.3, -0.25) is 19.4 Å². The van der Waals surface area contributed by atoms with E-state index in [1.54, 1.807) is 31.4 Å². The Morgan fingerprint density at radius 1 is 1.30 bits per heavy atom. The third-order valence-electron chi connectivity index (χ3n) is 4.62. The van der Waals surface area contributed by atoms with Gasteiger partial charge in [0.25, 0.3) is 0 Å². The molecule has 0 aromatic heterocycles. The second kappa shape index (κ2) is 10.5. The molecule has 2 N–H and O–H groups in total. The topological polar surface area (TPSA) is 106 Å². The Bertz CT molecular complexity index is 681. The van der Waals surface area contributed by atoms with Crippen LogP contribution in [0.5, 0.6) is 5.75 Å². The minimum absolute atomic E-state index is 0.0822. The quantitative estimate of drug-likeness (QED) is 0.670. The third-order valence-corrected chi connectivity index (χ3v) is 4.62. The van der Waals surface area contributed by atoms with Crippen molar-refractivity contribution in [1.82, 2.24) is 9.80 Å². The molecule has 0 radical (unpaired) electrons. The summed E-state index contributed by atoms with van der Waals surface area (Å²) in [5.41, 5.74) is 0.578. The molecule has 0 bridgehead atoms. The van der Waals surface area contributed by atoms with Crippen LogP contribution in [0.15, 0.2) is 24.3 Å². The molecule has 1 aliphatic heterocycles. The van der Waals surface area contributed by atoms with Crippen molar-refractivity contribution in [3.05, 3.63) is 24.3 Å². The van der Waals surface area contributed by atoms with E-state index >= 15 is 0 Å². The molecule has 0 aliphatic carbocycles. The zero-order chi connectivity index (χ0) is 19.6. The highest BCUT2D eigenvalue weighted by molar-refractivity contribution is 5.93. The molecular formula is C19H26N4O4. The summed E-state index contributed by atoms with van der Waals surface area (Å²) in [4.78, 5) is 28.1. The van der Waals surface area contributed by atoms with Crippen molar-refractivity contribution < 1.29 is 19.4 Å². The number of anilines is 1. The number of ether oxygens (including phenoxy) is 1. The molecule has 1 heterocycles. The number of aliphatic carboxylic acids is 1.